The Morgan fingerprint density at radius 1 is 0.921 bits per heavy atom. The molecule has 0 spiro atoms. The van der Waals surface area contributed by atoms with E-state index in [1.807, 2.05) is 12.1 Å². The zero-order valence-electron chi connectivity index (χ0n) is 20.4. The first-order valence-corrected chi connectivity index (χ1v) is 13.8. The lowest BCUT2D eigenvalue weighted by Gasteiger charge is -2.35. The van der Waals surface area contributed by atoms with Crippen LogP contribution in [0.3, 0.4) is 0 Å². The molecule has 0 unspecified atom stereocenters. The molecule has 202 valence electrons. The lowest BCUT2D eigenvalue weighted by molar-refractivity contribution is -0.137. The van der Waals surface area contributed by atoms with Gasteiger partial charge in [-0.25, -0.2) is 18.4 Å². The highest BCUT2D eigenvalue weighted by Gasteiger charge is 2.35. The van der Waals surface area contributed by atoms with Crippen LogP contribution in [-0.2, 0) is 16.2 Å². The number of benzene rings is 1. The van der Waals surface area contributed by atoms with Gasteiger partial charge in [0.1, 0.15) is 11.6 Å². The number of piperidine rings is 1. The minimum Gasteiger partial charge on any atom is -0.390 e. The van der Waals surface area contributed by atoms with Crippen molar-refractivity contribution in [1.82, 2.24) is 14.3 Å². The van der Waals surface area contributed by atoms with Gasteiger partial charge in [0.25, 0.3) is 0 Å². The summed E-state index contributed by atoms with van der Waals surface area (Å²) in [4.78, 5) is 8.25. The molecule has 2 aliphatic rings. The Balaban J connectivity index is 1.22. The summed E-state index contributed by atoms with van der Waals surface area (Å²) in [5, 5.41) is 16.9. The van der Waals surface area contributed by atoms with E-state index in [1.165, 1.54) is 16.8 Å². The van der Waals surface area contributed by atoms with Gasteiger partial charge >= 0.3 is 6.18 Å². The molecule has 2 atom stereocenters. The molecule has 1 aliphatic heterocycles. The summed E-state index contributed by atoms with van der Waals surface area (Å²) in [5.74, 6) is 0.969. The molecule has 2 fully saturated rings. The van der Waals surface area contributed by atoms with Gasteiger partial charge < -0.3 is 15.7 Å². The van der Waals surface area contributed by atoms with Gasteiger partial charge in [-0.3, -0.25) is 0 Å². The van der Waals surface area contributed by atoms with Crippen molar-refractivity contribution in [3.05, 3.63) is 66.5 Å². The molecule has 1 aliphatic carbocycles. The monoisotopic (exact) mass is 547 g/mol. The van der Waals surface area contributed by atoms with E-state index in [1.54, 1.807) is 30.5 Å². The predicted octanol–water partition coefficient (Wildman–Crippen LogP) is 4.36. The second-order valence-corrected chi connectivity index (χ2v) is 11.6. The molecule has 5 rings (SSSR count). The van der Waals surface area contributed by atoms with Crippen LogP contribution in [0.15, 0.2) is 65.8 Å². The van der Waals surface area contributed by atoms with Crippen LogP contribution in [0.2, 0.25) is 0 Å². The maximum Gasteiger partial charge on any atom is 0.417 e. The highest BCUT2D eigenvalue weighted by Crippen LogP contribution is 2.30. The van der Waals surface area contributed by atoms with E-state index in [2.05, 4.69) is 20.6 Å². The Bertz CT molecular complexity index is 1360. The SMILES string of the molecule is O=S(=O)(c1ccc(-c2ccnc(NC3CCC3)c2)cc1)N1CC[C@@H](Nc2ccc(C(F)(F)F)cn2)[C@@H](O)C1. The summed E-state index contributed by atoms with van der Waals surface area (Å²) in [6.07, 6.45) is 0.621. The van der Waals surface area contributed by atoms with Crippen molar-refractivity contribution < 1.29 is 26.7 Å². The first-order valence-electron chi connectivity index (χ1n) is 12.4. The number of pyridine rings is 2. The van der Waals surface area contributed by atoms with Crippen molar-refractivity contribution in [3.8, 4) is 11.1 Å². The van der Waals surface area contributed by atoms with Crippen molar-refractivity contribution >= 4 is 21.7 Å². The Morgan fingerprint density at radius 2 is 1.68 bits per heavy atom. The topological polar surface area (TPSA) is 107 Å². The summed E-state index contributed by atoms with van der Waals surface area (Å²) in [5.41, 5.74) is 0.908. The lowest BCUT2D eigenvalue weighted by Crippen LogP contribution is -2.51. The van der Waals surface area contributed by atoms with Crippen molar-refractivity contribution in [2.24, 2.45) is 0 Å². The third-order valence-corrected chi connectivity index (χ3v) is 8.89. The molecule has 1 saturated heterocycles. The number of aliphatic hydroxyl groups is 1. The van der Waals surface area contributed by atoms with Gasteiger partial charge in [0, 0.05) is 31.5 Å². The fourth-order valence-corrected chi connectivity index (χ4v) is 6.02. The van der Waals surface area contributed by atoms with E-state index in [0.29, 0.717) is 6.04 Å². The number of hydrogen-bond donors (Lipinski definition) is 3. The fraction of sp³-hybridized carbons (Fsp3) is 0.385. The number of nitrogens with one attached hydrogen (secondary N) is 2. The Morgan fingerprint density at radius 3 is 2.29 bits per heavy atom. The van der Waals surface area contributed by atoms with E-state index >= 15 is 0 Å². The van der Waals surface area contributed by atoms with Crippen LogP contribution in [0, 0.1) is 0 Å². The van der Waals surface area contributed by atoms with E-state index in [9.17, 15) is 26.7 Å². The number of rotatable bonds is 7. The number of hydrogen-bond acceptors (Lipinski definition) is 7. The van der Waals surface area contributed by atoms with E-state index in [0.717, 1.165) is 42.0 Å². The van der Waals surface area contributed by atoms with E-state index in [-0.39, 0.29) is 30.2 Å². The zero-order valence-corrected chi connectivity index (χ0v) is 21.2. The molecule has 38 heavy (non-hydrogen) atoms. The van der Waals surface area contributed by atoms with Gasteiger partial charge in [0.2, 0.25) is 10.0 Å². The van der Waals surface area contributed by atoms with Gasteiger partial charge in [-0.05, 0) is 73.2 Å². The van der Waals surface area contributed by atoms with Crippen LogP contribution < -0.4 is 10.6 Å². The number of anilines is 2. The normalized spacial score (nSPS) is 21.1. The first-order chi connectivity index (χ1) is 18.1. The number of β-amino-alcohol motifs (C(OH)–C–C–N with tert-alkyl or cyclic N) is 1. The van der Waals surface area contributed by atoms with Gasteiger partial charge in [-0.2, -0.15) is 17.5 Å². The number of aromatic nitrogens is 2. The van der Waals surface area contributed by atoms with Gasteiger partial charge in [-0.1, -0.05) is 12.1 Å². The zero-order chi connectivity index (χ0) is 26.9. The maximum atomic E-state index is 13.2. The van der Waals surface area contributed by atoms with E-state index in [4.69, 9.17) is 0 Å². The quantitative estimate of drug-likeness (QED) is 0.403. The molecule has 3 aromatic rings. The second-order valence-electron chi connectivity index (χ2n) is 9.63. The molecule has 12 heteroatoms. The lowest BCUT2D eigenvalue weighted by atomic mass is 9.93. The predicted molar refractivity (Wildman–Crippen MR) is 137 cm³/mol. The molecule has 0 radical (unpaired) electrons. The average Bonchev–Trinajstić information content (AvgIpc) is 2.87. The fourth-order valence-electron chi connectivity index (χ4n) is 4.55. The van der Waals surface area contributed by atoms with Crippen LogP contribution in [0.4, 0.5) is 24.8 Å². The third kappa shape index (κ3) is 5.77. The molecule has 1 saturated carbocycles. The number of nitrogens with zero attached hydrogens (tertiary/aromatic N) is 3. The minimum atomic E-state index is -4.49. The van der Waals surface area contributed by atoms with Gasteiger partial charge in [-0.15, -0.1) is 0 Å². The number of sulfonamides is 1. The highest BCUT2D eigenvalue weighted by atomic mass is 32.2. The summed E-state index contributed by atoms with van der Waals surface area (Å²) >= 11 is 0. The van der Waals surface area contributed by atoms with Crippen molar-refractivity contribution in [2.75, 3.05) is 23.7 Å². The third-order valence-electron chi connectivity index (χ3n) is 7.01. The second kappa shape index (κ2) is 10.5. The molecule has 3 N–H and O–H groups in total. The van der Waals surface area contributed by atoms with Gasteiger partial charge in [0.05, 0.1) is 22.6 Å². The molecule has 0 amide bonds. The summed E-state index contributed by atoms with van der Waals surface area (Å²) in [7, 11) is -3.85. The summed E-state index contributed by atoms with van der Waals surface area (Å²) in [6.45, 7) is -0.0110. The summed E-state index contributed by atoms with van der Waals surface area (Å²) in [6, 6.07) is 12.4. The number of aliphatic hydroxyl groups excluding tert-OH is 1. The molecular formula is C26H28F3N5O3S. The Kier molecular flexibility index (Phi) is 7.30. The van der Waals surface area contributed by atoms with Crippen molar-refractivity contribution in [3.63, 3.8) is 0 Å². The molecular weight excluding hydrogens is 519 g/mol. The van der Waals surface area contributed by atoms with Gasteiger partial charge in [0.15, 0.2) is 0 Å². The van der Waals surface area contributed by atoms with Crippen molar-refractivity contribution in [2.45, 2.75) is 54.9 Å². The Hall–Kier alpha value is -3.22. The molecule has 3 heterocycles. The molecule has 1 aromatic carbocycles. The van der Waals surface area contributed by atoms with Crippen LogP contribution >= 0.6 is 0 Å². The minimum absolute atomic E-state index is 0.117. The molecule has 2 aromatic heterocycles. The van der Waals surface area contributed by atoms with Crippen LogP contribution in [-0.4, -0.2) is 59.1 Å². The highest BCUT2D eigenvalue weighted by molar-refractivity contribution is 7.89. The van der Waals surface area contributed by atoms with E-state index < -0.39 is 33.9 Å². The number of alkyl halides is 3. The van der Waals surface area contributed by atoms with Crippen LogP contribution in [0.1, 0.15) is 31.2 Å². The molecule has 8 nitrogen and oxygen atoms in total. The molecule has 0 bridgehead atoms. The Labute approximate surface area is 219 Å². The van der Waals surface area contributed by atoms with Crippen molar-refractivity contribution in [1.29, 1.82) is 0 Å². The van der Waals surface area contributed by atoms with Crippen LogP contribution in [0.5, 0.6) is 0 Å². The smallest absolute Gasteiger partial charge is 0.390 e. The largest absolute Gasteiger partial charge is 0.417 e. The van der Waals surface area contributed by atoms with Crippen LogP contribution in [0.25, 0.3) is 11.1 Å². The summed E-state index contributed by atoms with van der Waals surface area (Å²) < 4.78 is 66.0. The first kappa shape index (κ1) is 26.4. The standard InChI is InChI=1S/C26H28F3N5O3S/c27-26(28,29)19-6-9-24(31-15-19)33-22-11-13-34(16-23(22)35)38(36,37)21-7-4-17(5-8-21)18-10-12-30-25(14-18)32-20-2-1-3-20/h4-10,12,14-15,20,22-23,35H,1-3,11,13,16H2,(H,30,32)(H,31,33)/t22-,23+/m1/s1. The number of halogens is 3. The average molecular weight is 548 g/mol. The maximum absolute atomic E-state index is 13.2.